The summed E-state index contributed by atoms with van der Waals surface area (Å²) in [5, 5.41) is 10.9. The SMILES string of the molecule is Cc1cccc(OS(=O)(=O)c2ccccc2[N+](=O)[O-])c1C. The zero-order valence-electron chi connectivity index (χ0n) is 11.4. The highest BCUT2D eigenvalue weighted by Gasteiger charge is 2.27. The minimum atomic E-state index is -4.27. The second kappa shape index (κ2) is 5.53. The van der Waals surface area contributed by atoms with E-state index in [9.17, 15) is 18.5 Å². The molecule has 0 heterocycles. The Morgan fingerprint density at radius 1 is 1.05 bits per heavy atom. The van der Waals surface area contributed by atoms with E-state index in [2.05, 4.69) is 0 Å². The highest BCUT2D eigenvalue weighted by atomic mass is 32.2. The van der Waals surface area contributed by atoms with Crippen LogP contribution in [0, 0.1) is 24.0 Å². The molecule has 0 aliphatic heterocycles. The summed E-state index contributed by atoms with van der Waals surface area (Å²) in [5.74, 6) is 0.160. The second-order valence-corrected chi connectivity index (χ2v) is 5.98. The standard InChI is InChI=1S/C14H13NO5S/c1-10-6-5-8-13(11(10)2)20-21(18,19)14-9-4-3-7-12(14)15(16)17/h3-9H,1-2H3. The molecule has 0 fully saturated rings. The predicted molar refractivity (Wildman–Crippen MR) is 76.8 cm³/mol. The van der Waals surface area contributed by atoms with Crippen LogP contribution in [-0.4, -0.2) is 13.3 Å². The van der Waals surface area contributed by atoms with Crippen molar-refractivity contribution in [2.75, 3.05) is 0 Å². The average molecular weight is 307 g/mol. The fourth-order valence-electron chi connectivity index (χ4n) is 1.80. The molecule has 0 aliphatic rings. The predicted octanol–water partition coefficient (Wildman–Crippen LogP) is 2.98. The lowest BCUT2D eigenvalue weighted by Gasteiger charge is -2.10. The van der Waals surface area contributed by atoms with Crippen LogP contribution < -0.4 is 4.18 Å². The van der Waals surface area contributed by atoms with Gasteiger partial charge in [-0.3, -0.25) is 10.1 Å². The molecule has 0 aliphatic carbocycles. The van der Waals surface area contributed by atoms with Crippen molar-refractivity contribution in [2.24, 2.45) is 0 Å². The number of nitro groups is 1. The van der Waals surface area contributed by atoms with Crippen LogP contribution in [0.4, 0.5) is 5.69 Å². The highest BCUT2D eigenvalue weighted by molar-refractivity contribution is 7.87. The summed E-state index contributed by atoms with van der Waals surface area (Å²) in [6, 6.07) is 10.1. The molecule has 0 radical (unpaired) electrons. The molecular weight excluding hydrogens is 294 g/mol. The number of nitrogens with zero attached hydrogens (tertiary/aromatic N) is 1. The smallest absolute Gasteiger partial charge is 0.346 e. The lowest BCUT2D eigenvalue weighted by Crippen LogP contribution is -2.12. The summed E-state index contributed by atoms with van der Waals surface area (Å²) in [4.78, 5) is 9.71. The Morgan fingerprint density at radius 2 is 1.71 bits per heavy atom. The molecule has 2 rings (SSSR count). The lowest BCUT2D eigenvalue weighted by molar-refractivity contribution is -0.387. The molecule has 0 bridgehead atoms. The van der Waals surface area contributed by atoms with Gasteiger partial charge < -0.3 is 4.18 Å². The third kappa shape index (κ3) is 3.03. The van der Waals surface area contributed by atoms with Gasteiger partial charge in [0.2, 0.25) is 0 Å². The zero-order chi connectivity index (χ0) is 15.6. The van der Waals surface area contributed by atoms with E-state index in [1.807, 2.05) is 13.0 Å². The zero-order valence-corrected chi connectivity index (χ0v) is 12.3. The fourth-order valence-corrected chi connectivity index (χ4v) is 2.95. The summed E-state index contributed by atoms with van der Waals surface area (Å²) < 4.78 is 29.6. The maximum atomic E-state index is 12.3. The van der Waals surface area contributed by atoms with Crippen LogP contribution >= 0.6 is 0 Å². The van der Waals surface area contributed by atoms with Crippen LogP contribution in [0.15, 0.2) is 47.4 Å². The van der Waals surface area contributed by atoms with Gasteiger partial charge in [0.05, 0.1) is 4.92 Å². The Bertz CT molecular complexity index is 799. The summed E-state index contributed by atoms with van der Waals surface area (Å²) >= 11 is 0. The number of rotatable bonds is 4. The van der Waals surface area contributed by atoms with Crippen LogP contribution in [0.1, 0.15) is 11.1 Å². The Labute approximate surface area is 122 Å². The summed E-state index contributed by atoms with van der Waals surface area (Å²) in [5.41, 5.74) is 1.02. The van der Waals surface area contributed by atoms with Gasteiger partial charge in [-0.1, -0.05) is 24.3 Å². The van der Waals surface area contributed by atoms with Crippen molar-refractivity contribution in [3.05, 3.63) is 63.7 Å². The van der Waals surface area contributed by atoms with Gasteiger partial charge in [0, 0.05) is 6.07 Å². The summed E-state index contributed by atoms with van der Waals surface area (Å²) in [7, 11) is -4.27. The maximum absolute atomic E-state index is 12.3. The van der Waals surface area contributed by atoms with E-state index in [0.717, 1.165) is 17.7 Å². The molecule has 0 saturated carbocycles. The van der Waals surface area contributed by atoms with Crippen molar-refractivity contribution < 1.29 is 17.5 Å². The summed E-state index contributed by atoms with van der Waals surface area (Å²) in [6.45, 7) is 3.54. The van der Waals surface area contributed by atoms with Crippen LogP contribution in [0.25, 0.3) is 0 Å². The molecular formula is C14H13NO5S. The molecule has 2 aromatic rings. The molecule has 110 valence electrons. The second-order valence-electron chi connectivity index (χ2n) is 4.46. The maximum Gasteiger partial charge on any atom is 0.346 e. The summed E-state index contributed by atoms with van der Waals surface area (Å²) in [6.07, 6.45) is 0. The largest absolute Gasteiger partial charge is 0.378 e. The van der Waals surface area contributed by atoms with Gasteiger partial charge >= 0.3 is 10.1 Å². The van der Waals surface area contributed by atoms with Gasteiger partial charge in [0.15, 0.2) is 4.90 Å². The van der Waals surface area contributed by atoms with Crippen LogP contribution in [0.2, 0.25) is 0 Å². The monoisotopic (exact) mass is 307 g/mol. The molecule has 0 aromatic heterocycles. The van der Waals surface area contributed by atoms with Gasteiger partial charge in [-0.2, -0.15) is 8.42 Å². The van der Waals surface area contributed by atoms with Crippen molar-refractivity contribution in [1.29, 1.82) is 0 Å². The van der Waals surface area contributed by atoms with E-state index in [1.54, 1.807) is 13.0 Å². The first-order valence-electron chi connectivity index (χ1n) is 6.07. The Morgan fingerprint density at radius 3 is 2.38 bits per heavy atom. The normalized spacial score (nSPS) is 11.1. The number of aryl methyl sites for hydroxylation is 1. The minimum absolute atomic E-state index is 0.160. The Hall–Kier alpha value is -2.41. The van der Waals surface area contributed by atoms with Crippen molar-refractivity contribution in [3.8, 4) is 5.75 Å². The van der Waals surface area contributed by atoms with Gasteiger partial charge in [0.1, 0.15) is 5.75 Å². The van der Waals surface area contributed by atoms with Crippen LogP contribution in [0.5, 0.6) is 5.75 Å². The number of nitro benzene ring substituents is 1. The van der Waals surface area contributed by atoms with E-state index >= 15 is 0 Å². The molecule has 6 nitrogen and oxygen atoms in total. The highest BCUT2D eigenvalue weighted by Crippen LogP contribution is 2.28. The van der Waals surface area contributed by atoms with E-state index in [1.165, 1.54) is 18.2 Å². The van der Waals surface area contributed by atoms with Crippen LogP contribution in [0.3, 0.4) is 0 Å². The molecule has 0 unspecified atom stereocenters. The molecule has 7 heteroatoms. The first kappa shape index (κ1) is 15.0. The van der Waals surface area contributed by atoms with E-state index in [0.29, 0.717) is 5.56 Å². The Balaban J connectivity index is 2.49. The molecule has 0 N–H and O–H groups in total. The average Bonchev–Trinajstić information content (AvgIpc) is 2.44. The molecule has 21 heavy (non-hydrogen) atoms. The van der Waals surface area contributed by atoms with Gasteiger partial charge in [-0.25, -0.2) is 0 Å². The Kier molecular flexibility index (Phi) is 3.95. The third-order valence-corrected chi connectivity index (χ3v) is 4.37. The molecule has 0 spiro atoms. The first-order valence-corrected chi connectivity index (χ1v) is 7.48. The third-order valence-electron chi connectivity index (χ3n) is 3.09. The van der Waals surface area contributed by atoms with E-state index in [4.69, 9.17) is 4.18 Å². The van der Waals surface area contributed by atoms with Crippen molar-refractivity contribution in [2.45, 2.75) is 18.7 Å². The van der Waals surface area contributed by atoms with E-state index in [-0.39, 0.29) is 5.75 Å². The molecule has 0 amide bonds. The van der Waals surface area contributed by atoms with Gasteiger partial charge in [-0.05, 0) is 37.1 Å². The van der Waals surface area contributed by atoms with Gasteiger partial charge in [-0.15, -0.1) is 0 Å². The molecule has 2 aromatic carbocycles. The number of hydrogen-bond donors (Lipinski definition) is 0. The van der Waals surface area contributed by atoms with Crippen molar-refractivity contribution >= 4 is 15.8 Å². The lowest BCUT2D eigenvalue weighted by atomic mass is 10.1. The molecule has 0 atom stereocenters. The number of benzene rings is 2. The number of para-hydroxylation sites is 1. The number of hydrogen-bond acceptors (Lipinski definition) is 5. The quantitative estimate of drug-likeness (QED) is 0.492. The minimum Gasteiger partial charge on any atom is -0.378 e. The first-order chi connectivity index (χ1) is 9.83. The molecule has 0 saturated heterocycles. The van der Waals surface area contributed by atoms with Gasteiger partial charge in [0.25, 0.3) is 5.69 Å². The van der Waals surface area contributed by atoms with Crippen LogP contribution in [-0.2, 0) is 10.1 Å². The van der Waals surface area contributed by atoms with E-state index < -0.39 is 25.6 Å². The fraction of sp³-hybridized carbons (Fsp3) is 0.143. The van der Waals surface area contributed by atoms with Crippen molar-refractivity contribution in [3.63, 3.8) is 0 Å². The van der Waals surface area contributed by atoms with Crippen molar-refractivity contribution in [1.82, 2.24) is 0 Å². The topological polar surface area (TPSA) is 86.5 Å².